The molecule has 3 amide bonds. The van der Waals surface area contributed by atoms with Crippen molar-refractivity contribution < 1.29 is 28.2 Å². The molecule has 1 fully saturated rings. The maximum Gasteiger partial charge on any atom is 0.293 e. The predicted octanol–water partition coefficient (Wildman–Crippen LogP) is 4.10. The lowest BCUT2D eigenvalue weighted by atomic mass is 10.2. The number of hydrogen-bond donors (Lipinski definition) is 1. The van der Waals surface area contributed by atoms with Crippen molar-refractivity contribution in [2.75, 3.05) is 26.8 Å². The van der Waals surface area contributed by atoms with Crippen molar-refractivity contribution >= 4 is 41.0 Å². The van der Waals surface area contributed by atoms with Crippen LogP contribution < -0.4 is 14.8 Å². The van der Waals surface area contributed by atoms with E-state index in [-0.39, 0.29) is 29.7 Å². The molecule has 1 saturated heterocycles. The predicted molar refractivity (Wildman–Crippen MR) is 125 cm³/mol. The Morgan fingerprint density at radius 3 is 2.55 bits per heavy atom. The molecule has 0 saturated carbocycles. The van der Waals surface area contributed by atoms with Crippen molar-refractivity contribution in [3.05, 3.63) is 70.4 Å². The van der Waals surface area contributed by atoms with Crippen LogP contribution in [0.3, 0.4) is 0 Å². The smallest absolute Gasteiger partial charge is 0.293 e. The molecule has 1 heterocycles. The number of amides is 3. The quantitative estimate of drug-likeness (QED) is 0.556. The Balaban J connectivity index is 1.56. The molecule has 33 heavy (non-hydrogen) atoms. The van der Waals surface area contributed by atoms with Crippen LogP contribution in [0.25, 0.3) is 12.2 Å². The molecule has 0 spiro atoms. The van der Waals surface area contributed by atoms with Crippen LogP contribution in [0.4, 0.5) is 9.18 Å². The van der Waals surface area contributed by atoms with Crippen LogP contribution in [0, 0.1) is 5.82 Å². The van der Waals surface area contributed by atoms with Crippen molar-refractivity contribution in [1.29, 1.82) is 0 Å². The number of ether oxygens (including phenoxy) is 2. The van der Waals surface area contributed by atoms with E-state index in [1.165, 1.54) is 25.3 Å². The van der Waals surface area contributed by atoms with Crippen molar-refractivity contribution in [2.24, 2.45) is 0 Å². The minimum atomic E-state index is -0.422. The van der Waals surface area contributed by atoms with Gasteiger partial charge < -0.3 is 14.8 Å². The Morgan fingerprint density at radius 1 is 1.12 bits per heavy atom. The van der Waals surface area contributed by atoms with Crippen molar-refractivity contribution in [2.45, 2.75) is 6.92 Å². The number of carbonyl (C=O) groups excluding carboxylic acids is 3. The van der Waals surface area contributed by atoms with Crippen LogP contribution in [0.15, 0.2) is 53.4 Å². The molecular weight excluding hydrogens is 447 g/mol. The second-order valence-electron chi connectivity index (χ2n) is 6.85. The van der Waals surface area contributed by atoms with Gasteiger partial charge in [-0.3, -0.25) is 19.3 Å². The Kier molecular flexibility index (Phi) is 8.26. The maximum absolute atomic E-state index is 12.9. The Morgan fingerprint density at radius 2 is 1.85 bits per heavy atom. The molecule has 172 valence electrons. The van der Waals surface area contributed by atoms with E-state index in [2.05, 4.69) is 5.32 Å². The highest BCUT2D eigenvalue weighted by atomic mass is 32.2. The number of thioether (sulfide) groups is 1. The summed E-state index contributed by atoms with van der Waals surface area (Å²) in [5, 5.41) is 2.22. The van der Waals surface area contributed by atoms with Gasteiger partial charge in [-0.25, -0.2) is 4.39 Å². The van der Waals surface area contributed by atoms with Crippen LogP contribution in [0.5, 0.6) is 11.5 Å². The molecule has 7 nitrogen and oxygen atoms in total. The first kappa shape index (κ1) is 24.1. The van der Waals surface area contributed by atoms with Crippen molar-refractivity contribution in [3.8, 4) is 11.5 Å². The zero-order chi connectivity index (χ0) is 23.8. The SMILES string of the molecule is CCOc1ccc(C=C2SC(=O)N(CCNC(=O)C=Cc3ccc(F)cc3)C2=O)cc1OC. The summed E-state index contributed by atoms with van der Waals surface area (Å²) in [5.41, 5.74) is 1.37. The number of rotatable bonds is 9. The lowest BCUT2D eigenvalue weighted by Gasteiger charge is -2.12. The number of methoxy groups -OCH3 is 1. The number of benzene rings is 2. The summed E-state index contributed by atoms with van der Waals surface area (Å²) in [4.78, 5) is 38.3. The third-order valence-corrected chi connectivity index (χ3v) is 5.50. The van der Waals surface area contributed by atoms with Crippen LogP contribution in [-0.2, 0) is 9.59 Å². The second kappa shape index (κ2) is 11.3. The summed E-state index contributed by atoms with van der Waals surface area (Å²) in [6, 6.07) is 10.9. The lowest BCUT2D eigenvalue weighted by Crippen LogP contribution is -2.36. The van der Waals surface area contributed by atoms with Gasteiger partial charge in [0, 0.05) is 19.2 Å². The number of hydrogen-bond acceptors (Lipinski definition) is 6. The van der Waals surface area contributed by atoms with Gasteiger partial charge in [-0.05, 0) is 66.2 Å². The first-order valence-corrected chi connectivity index (χ1v) is 11.0. The largest absolute Gasteiger partial charge is 0.493 e. The van der Waals surface area contributed by atoms with Gasteiger partial charge in [-0.1, -0.05) is 18.2 Å². The van der Waals surface area contributed by atoms with Crippen LogP contribution in [-0.4, -0.2) is 48.8 Å². The summed E-state index contributed by atoms with van der Waals surface area (Å²) < 4.78 is 23.7. The lowest BCUT2D eigenvalue weighted by molar-refractivity contribution is -0.123. The average molecular weight is 471 g/mol. The van der Waals surface area contributed by atoms with Crippen LogP contribution in [0.1, 0.15) is 18.1 Å². The third-order valence-electron chi connectivity index (χ3n) is 4.59. The Bertz CT molecular complexity index is 1100. The van der Waals surface area contributed by atoms with Gasteiger partial charge in [0.25, 0.3) is 11.1 Å². The number of halogens is 1. The fourth-order valence-electron chi connectivity index (χ4n) is 2.99. The third kappa shape index (κ3) is 6.45. The Labute approximate surface area is 195 Å². The minimum absolute atomic E-state index is 0.0464. The summed E-state index contributed by atoms with van der Waals surface area (Å²) in [7, 11) is 1.53. The number of nitrogens with zero attached hydrogens (tertiary/aromatic N) is 1. The molecule has 0 unspecified atom stereocenters. The fourth-order valence-corrected chi connectivity index (χ4v) is 3.85. The van der Waals surface area contributed by atoms with Gasteiger partial charge in [0.2, 0.25) is 5.91 Å². The van der Waals surface area contributed by atoms with E-state index in [9.17, 15) is 18.8 Å². The highest BCUT2D eigenvalue weighted by Gasteiger charge is 2.34. The molecule has 3 rings (SSSR count). The average Bonchev–Trinajstić information content (AvgIpc) is 3.07. The number of nitrogens with one attached hydrogen (secondary N) is 1. The maximum atomic E-state index is 12.9. The highest BCUT2D eigenvalue weighted by molar-refractivity contribution is 8.18. The van der Waals surface area contributed by atoms with E-state index in [4.69, 9.17) is 9.47 Å². The van der Waals surface area contributed by atoms with E-state index in [1.54, 1.807) is 42.5 Å². The molecule has 1 aliphatic heterocycles. The number of carbonyl (C=O) groups is 3. The van der Waals surface area contributed by atoms with Gasteiger partial charge in [0.15, 0.2) is 11.5 Å². The van der Waals surface area contributed by atoms with E-state index in [1.807, 2.05) is 6.92 Å². The zero-order valence-electron chi connectivity index (χ0n) is 18.2. The fraction of sp³-hybridized carbons (Fsp3) is 0.208. The van der Waals surface area contributed by atoms with Gasteiger partial charge >= 0.3 is 0 Å². The monoisotopic (exact) mass is 470 g/mol. The molecule has 0 aliphatic carbocycles. The molecule has 1 aliphatic rings. The van der Waals surface area contributed by atoms with E-state index in [0.717, 1.165) is 16.7 Å². The van der Waals surface area contributed by atoms with Crippen molar-refractivity contribution in [3.63, 3.8) is 0 Å². The molecule has 0 bridgehead atoms. The first-order chi connectivity index (χ1) is 15.9. The zero-order valence-corrected chi connectivity index (χ0v) is 19.0. The minimum Gasteiger partial charge on any atom is -0.493 e. The summed E-state index contributed by atoms with van der Waals surface area (Å²) in [5.74, 6) is -0.0440. The molecular formula is C24H23FN2O5S. The van der Waals surface area contributed by atoms with E-state index >= 15 is 0 Å². The van der Waals surface area contributed by atoms with Gasteiger partial charge in [-0.2, -0.15) is 0 Å². The van der Waals surface area contributed by atoms with Crippen LogP contribution >= 0.6 is 11.8 Å². The summed E-state index contributed by atoms with van der Waals surface area (Å²) in [6.45, 7) is 2.51. The molecule has 0 atom stereocenters. The van der Waals surface area contributed by atoms with E-state index in [0.29, 0.717) is 29.2 Å². The van der Waals surface area contributed by atoms with Gasteiger partial charge in [0.1, 0.15) is 5.82 Å². The van der Waals surface area contributed by atoms with Crippen molar-refractivity contribution in [1.82, 2.24) is 10.2 Å². The van der Waals surface area contributed by atoms with Gasteiger partial charge in [0.05, 0.1) is 18.6 Å². The highest BCUT2D eigenvalue weighted by Crippen LogP contribution is 2.34. The molecule has 0 aromatic heterocycles. The summed E-state index contributed by atoms with van der Waals surface area (Å²) >= 11 is 0.841. The molecule has 1 N–H and O–H groups in total. The normalized spacial score (nSPS) is 14.9. The molecule has 9 heteroatoms. The molecule has 0 radical (unpaired) electrons. The van der Waals surface area contributed by atoms with E-state index < -0.39 is 11.1 Å². The van der Waals surface area contributed by atoms with Crippen LogP contribution in [0.2, 0.25) is 0 Å². The molecule has 2 aromatic rings. The standard InChI is InChI=1S/C24H23FN2O5S/c1-3-32-19-10-6-17(14-20(19)31-2)15-21-23(29)27(24(30)33-21)13-12-26-22(28)11-7-16-4-8-18(25)9-5-16/h4-11,14-15H,3,12-13H2,1-2H3,(H,26,28). The number of imide groups is 1. The first-order valence-electron chi connectivity index (χ1n) is 10.2. The van der Waals surface area contributed by atoms with Gasteiger partial charge in [-0.15, -0.1) is 0 Å². The second-order valence-corrected chi connectivity index (χ2v) is 7.85. The summed E-state index contributed by atoms with van der Waals surface area (Å²) in [6.07, 6.45) is 4.47. The topological polar surface area (TPSA) is 84.9 Å². The molecule has 2 aromatic carbocycles. The Hall–Kier alpha value is -3.59.